The van der Waals surface area contributed by atoms with Crippen LogP contribution in [0.4, 0.5) is 0 Å². The molecule has 0 atom stereocenters. The van der Waals surface area contributed by atoms with Crippen molar-refractivity contribution in [1.29, 1.82) is 0 Å². The summed E-state index contributed by atoms with van der Waals surface area (Å²) < 4.78 is 9.30. The van der Waals surface area contributed by atoms with Crippen molar-refractivity contribution >= 4 is 11.8 Å². The van der Waals surface area contributed by atoms with Gasteiger partial charge in [-0.2, -0.15) is 0 Å². The highest BCUT2D eigenvalue weighted by molar-refractivity contribution is 5.76. The summed E-state index contributed by atoms with van der Waals surface area (Å²) in [5.41, 5.74) is 12.8. The number of ketones is 1. The van der Waals surface area contributed by atoms with Crippen LogP contribution in [-0.2, 0) is 19.1 Å². The summed E-state index contributed by atoms with van der Waals surface area (Å²) in [6, 6.07) is 0. The van der Waals surface area contributed by atoms with Crippen LogP contribution < -0.4 is 5.73 Å². The molecule has 0 fully saturated rings. The first-order valence-corrected chi connectivity index (χ1v) is 6.12. The smallest absolute Gasteiger partial charge is 0.329 e. The minimum atomic E-state index is -1.03. The number of nitrogens with two attached hydrogens (primary N) is 1. The average Bonchev–Trinajstić information content (AvgIpc) is 2.41. The van der Waals surface area contributed by atoms with E-state index in [4.69, 9.17) is 21.1 Å². The lowest BCUT2D eigenvalue weighted by molar-refractivity contribution is -0.142. The molecule has 0 radical (unpaired) electrons. The van der Waals surface area contributed by atoms with Crippen LogP contribution >= 0.6 is 0 Å². The number of hydrogen-bond acceptors (Lipinski definition) is 6. The van der Waals surface area contributed by atoms with Gasteiger partial charge in [0.05, 0.1) is 13.2 Å². The molecule has 0 aliphatic rings. The number of nitrogens with zero attached hydrogens (tertiary/aromatic N) is 3. The Hall–Kier alpha value is -1.67. The maximum atomic E-state index is 10.2. The maximum Gasteiger partial charge on any atom is 0.329 e. The normalized spacial score (nSPS) is 8.20. The number of carbonyl (C=O) groups is 2. The van der Waals surface area contributed by atoms with Gasteiger partial charge in [0, 0.05) is 18.0 Å². The Morgan fingerprint density at radius 3 is 2.20 bits per heavy atom. The van der Waals surface area contributed by atoms with Crippen LogP contribution in [0.2, 0.25) is 0 Å². The molecule has 9 nitrogen and oxygen atoms in total. The van der Waals surface area contributed by atoms with E-state index in [0.29, 0.717) is 13.2 Å². The predicted octanol–water partition coefficient (Wildman–Crippen LogP) is 0.975. The molecular weight excluding hydrogens is 268 g/mol. The molecular formula is C11H24N4O5. The van der Waals surface area contributed by atoms with Crippen LogP contribution in [-0.4, -0.2) is 56.4 Å². The van der Waals surface area contributed by atoms with Crippen molar-refractivity contribution in [2.45, 2.75) is 20.8 Å². The van der Waals surface area contributed by atoms with Crippen LogP contribution in [0.3, 0.4) is 0 Å². The van der Waals surface area contributed by atoms with E-state index in [2.05, 4.69) is 14.8 Å². The number of carbonyl (C=O) groups excluding carboxylic acids is 1. The van der Waals surface area contributed by atoms with E-state index >= 15 is 0 Å². The lowest BCUT2D eigenvalue weighted by Crippen LogP contribution is -2.12. The topological polar surface area (TPSA) is 148 Å². The van der Waals surface area contributed by atoms with Gasteiger partial charge in [0.1, 0.15) is 13.2 Å². The van der Waals surface area contributed by atoms with Crippen molar-refractivity contribution in [2.24, 2.45) is 10.8 Å². The summed E-state index contributed by atoms with van der Waals surface area (Å²) in [6.07, 6.45) is 0. The number of carboxylic acids is 1. The van der Waals surface area contributed by atoms with E-state index in [0.717, 1.165) is 0 Å². The number of Topliss-reactive ketones (excluding diaryl/α,β-unsaturated/α-hetero) is 1. The molecule has 0 aromatic carbocycles. The van der Waals surface area contributed by atoms with Gasteiger partial charge in [-0.05, 0) is 12.5 Å². The number of carboxylic acid groups (broad SMARTS) is 1. The van der Waals surface area contributed by atoms with E-state index in [1.165, 1.54) is 6.92 Å². The van der Waals surface area contributed by atoms with Gasteiger partial charge in [0.2, 0.25) is 0 Å². The van der Waals surface area contributed by atoms with Gasteiger partial charge in [-0.15, -0.1) is 0 Å². The fourth-order valence-corrected chi connectivity index (χ4v) is 0.609. The Labute approximate surface area is 118 Å². The van der Waals surface area contributed by atoms with E-state index in [1.54, 1.807) is 0 Å². The number of aliphatic carboxylic acids is 1. The zero-order valence-corrected chi connectivity index (χ0v) is 12.2. The Balaban J connectivity index is -0.000000262. The molecule has 0 spiro atoms. The third-order valence-corrected chi connectivity index (χ3v) is 1.19. The molecule has 0 aromatic rings. The molecule has 0 heterocycles. The van der Waals surface area contributed by atoms with Crippen molar-refractivity contribution < 1.29 is 24.2 Å². The Morgan fingerprint density at radius 1 is 1.25 bits per heavy atom. The first-order valence-electron chi connectivity index (χ1n) is 6.12. The first-order chi connectivity index (χ1) is 9.54. The summed E-state index contributed by atoms with van der Waals surface area (Å²) in [5.74, 6) is -0.987. The Kier molecular flexibility index (Phi) is 26.4. The summed E-state index contributed by atoms with van der Waals surface area (Å²) in [6.45, 7) is 6.60. The third kappa shape index (κ3) is 36.0. The molecule has 0 aromatic heterocycles. The quantitative estimate of drug-likeness (QED) is 0.280. The molecule has 20 heavy (non-hydrogen) atoms. The summed E-state index contributed by atoms with van der Waals surface area (Å²) in [5, 5.41) is 11.2. The van der Waals surface area contributed by atoms with Crippen LogP contribution in [0.15, 0.2) is 5.11 Å². The van der Waals surface area contributed by atoms with Gasteiger partial charge in [0.25, 0.3) is 0 Å². The fourth-order valence-electron chi connectivity index (χ4n) is 0.609. The SMILES string of the molecule is CC.CC(=O)COCCN.[N-]=[N+]=NCCOCC(=O)O. The lowest BCUT2D eigenvalue weighted by Gasteiger charge is -1.95. The van der Waals surface area contributed by atoms with Gasteiger partial charge in [-0.1, -0.05) is 19.0 Å². The van der Waals surface area contributed by atoms with Crippen molar-refractivity contribution in [2.75, 3.05) is 39.5 Å². The first kappa shape index (κ1) is 23.4. The van der Waals surface area contributed by atoms with Crippen molar-refractivity contribution in [1.82, 2.24) is 0 Å². The van der Waals surface area contributed by atoms with Crippen LogP contribution in [0.25, 0.3) is 10.4 Å². The molecule has 0 saturated carbocycles. The van der Waals surface area contributed by atoms with Crippen LogP contribution in [0.1, 0.15) is 20.8 Å². The zero-order valence-electron chi connectivity index (χ0n) is 12.2. The second-order valence-corrected chi connectivity index (χ2v) is 2.94. The highest BCUT2D eigenvalue weighted by Crippen LogP contribution is 1.76. The maximum absolute atomic E-state index is 10.2. The number of rotatable bonds is 9. The van der Waals surface area contributed by atoms with Crippen LogP contribution in [0.5, 0.6) is 0 Å². The Morgan fingerprint density at radius 2 is 1.80 bits per heavy atom. The standard InChI is InChI=1S/C5H11NO2.C4H7N3O3.C2H6/c1-5(7)4-8-3-2-6;5-7-6-1-2-10-3-4(8)9;1-2/h2-4,6H2,1H3;1-3H2,(H,8,9);1-2H3. The van der Waals surface area contributed by atoms with E-state index in [-0.39, 0.29) is 32.1 Å². The highest BCUT2D eigenvalue weighted by Gasteiger charge is 1.93. The number of azide groups is 1. The minimum absolute atomic E-state index is 0.0402. The largest absolute Gasteiger partial charge is 0.480 e. The third-order valence-electron chi connectivity index (χ3n) is 1.19. The number of hydrogen-bond donors (Lipinski definition) is 2. The second kappa shape index (κ2) is 22.5. The average molecular weight is 292 g/mol. The molecule has 118 valence electrons. The van der Waals surface area contributed by atoms with Crippen molar-refractivity contribution in [3.05, 3.63) is 10.4 Å². The van der Waals surface area contributed by atoms with Crippen molar-refractivity contribution in [3.63, 3.8) is 0 Å². The van der Waals surface area contributed by atoms with Gasteiger partial charge in [-0.25, -0.2) is 4.79 Å². The summed E-state index contributed by atoms with van der Waals surface area (Å²) >= 11 is 0. The molecule has 3 N–H and O–H groups in total. The molecule has 0 bridgehead atoms. The molecule has 0 unspecified atom stereocenters. The van der Waals surface area contributed by atoms with E-state index in [1.807, 2.05) is 13.8 Å². The Bertz CT molecular complexity index is 276. The highest BCUT2D eigenvalue weighted by atomic mass is 16.5. The molecule has 0 aliphatic heterocycles. The van der Waals surface area contributed by atoms with E-state index < -0.39 is 5.97 Å². The lowest BCUT2D eigenvalue weighted by atomic mass is 10.5. The van der Waals surface area contributed by atoms with Gasteiger partial charge < -0.3 is 20.3 Å². The van der Waals surface area contributed by atoms with Gasteiger partial charge in [-0.3, -0.25) is 4.79 Å². The molecule has 0 amide bonds. The van der Waals surface area contributed by atoms with E-state index in [9.17, 15) is 9.59 Å². The predicted molar refractivity (Wildman–Crippen MR) is 74.4 cm³/mol. The number of ether oxygens (including phenoxy) is 2. The minimum Gasteiger partial charge on any atom is -0.480 e. The van der Waals surface area contributed by atoms with Crippen molar-refractivity contribution in [3.8, 4) is 0 Å². The second-order valence-electron chi connectivity index (χ2n) is 2.94. The van der Waals surface area contributed by atoms with Crippen LogP contribution in [0, 0.1) is 0 Å². The summed E-state index contributed by atoms with van der Waals surface area (Å²) in [7, 11) is 0. The molecule has 0 rings (SSSR count). The molecule has 9 heteroatoms. The zero-order chi connectivity index (χ0) is 16.2. The monoisotopic (exact) mass is 292 g/mol. The molecule has 0 saturated heterocycles. The molecule has 0 aliphatic carbocycles. The fraction of sp³-hybridized carbons (Fsp3) is 0.818. The van der Waals surface area contributed by atoms with Gasteiger partial charge in [0.15, 0.2) is 5.78 Å². The summed E-state index contributed by atoms with van der Waals surface area (Å²) in [4.78, 5) is 22.4. The van der Waals surface area contributed by atoms with Gasteiger partial charge >= 0.3 is 5.97 Å².